The number of rotatable bonds is 8. The lowest BCUT2D eigenvalue weighted by Crippen LogP contribution is -2.48. The highest BCUT2D eigenvalue weighted by Gasteiger charge is 2.51. The van der Waals surface area contributed by atoms with Gasteiger partial charge < -0.3 is 15.3 Å². The standard InChI is InChI=1S/C22H29N3O2/c23-14-18-3-1-2-17(12-18)13-21(15-24-19-4-5-19)8-10-25(11-9-21)16-22(6-7-22)20(26)27/h1-3,12,19,24H,4-11,13,15-16H2,(H,26,27). The first-order valence-electron chi connectivity index (χ1n) is 10.2. The van der Waals surface area contributed by atoms with Crippen LogP contribution in [0.5, 0.6) is 0 Å². The summed E-state index contributed by atoms with van der Waals surface area (Å²) in [5, 5.41) is 22.4. The quantitative estimate of drug-likeness (QED) is 0.739. The molecule has 0 unspecified atom stereocenters. The number of hydrogen-bond donors (Lipinski definition) is 2. The number of nitrogens with one attached hydrogen (secondary N) is 1. The van der Waals surface area contributed by atoms with E-state index in [2.05, 4.69) is 22.4 Å². The maximum atomic E-state index is 11.5. The molecular weight excluding hydrogens is 338 g/mol. The van der Waals surface area contributed by atoms with Crippen molar-refractivity contribution in [3.05, 3.63) is 35.4 Å². The number of nitriles is 1. The molecule has 0 spiro atoms. The number of benzene rings is 1. The van der Waals surface area contributed by atoms with Crippen LogP contribution in [0.1, 0.15) is 49.7 Å². The number of carboxylic acids is 1. The summed E-state index contributed by atoms with van der Waals surface area (Å²) in [6.45, 7) is 3.67. The van der Waals surface area contributed by atoms with Gasteiger partial charge in [-0.05, 0) is 81.1 Å². The van der Waals surface area contributed by atoms with Crippen molar-refractivity contribution < 1.29 is 9.90 Å². The van der Waals surface area contributed by atoms with Crippen LogP contribution >= 0.6 is 0 Å². The molecule has 2 aliphatic carbocycles. The molecule has 5 nitrogen and oxygen atoms in total. The van der Waals surface area contributed by atoms with Crippen molar-refractivity contribution in [3.8, 4) is 6.07 Å². The third-order valence-electron chi connectivity index (χ3n) is 6.73. The second-order valence-corrected chi connectivity index (χ2v) is 9.01. The van der Waals surface area contributed by atoms with Crippen LogP contribution in [0.4, 0.5) is 0 Å². The zero-order chi connectivity index (χ0) is 18.9. The van der Waals surface area contributed by atoms with Gasteiger partial charge in [0.25, 0.3) is 0 Å². The molecule has 1 saturated heterocycles. The molecule has 0 atom stereocenters. The molecule has 3 aliphatic rings. The summed E-state index contributed by atoms with van der Waals surface area (Å²) < 4.78 is 0. The van der Waals surface area contributed by atoms with Gasteiger partial charge in [0.05, 0.1) is 17.0 Å². The minimum Gasteiger partial charge on any atom is -0.481 e. The lowest BCUT2D eigenvalue weighted by molar-refractivity contribution is -0.144. The fraction of sp³-hybridized carbons (Fsp3) is 0.636. The summed E-state index contributed by atoms with van der Waals surface area (Å²) in [6, 6.07) is 10.9. The van der Waals surface area contributed by atoms with Crippen LogP contribution in [0.2, 0.25) is 0 Å². The van der Waals surface area contributed by atoms with E-state index in [9.17, 15) is 15.2 Å². The predicted molar refractivity (Wildman–Crippen MR) is 103 cm³/mol. The fourth-order valence-corrected chi connectivity index (χ4v) is 4.45. The van der Waals surface area contributed by atoms with Gasteiger partial charge in [0.1, 0.15) is 0 Å². The molecule has 1 aromatic carbocycles. The second-order valence-electron chi connectivity index (χ2n) is 9.01. The molecule has 27 heavy (non-hydrogen) atoms. The van der Waals surface area contributed by atoms with Crippen molar-refractivity contribution in [2.75, 3.05) is 26.2 Å². The molecule has 0 aromatic heterocycles. The van der Waals surface area contributed by atoms with Crippen LogP contribution in [0, 0.1) is 22.2 Å². The van der Waals surface area contributed by atoms with Gasteiger partial charge in [-0.3, -0.25) is 4.79 Å². The lowest BCUT2D eigenvalue weighted by atomic mass is 9.73. The van der Waals surface area contributed by atoms with E-state index in [0.29, 0.717) is 12.6 Å². The fourth-order valence-electron chi connectivity index (χ4n) is 4.45. The molecule has 2 N–H and O–H groups in total. The summed E-state index contributed by atoms with van der Waals surface area (Å²) >= 11 is 0. The number of carbonyl (C=O) groups is 1. The Hall–Kier alpha value is -1.90. The minimum atomic E-state index is -0.622. The molecule has 1 aliphatic heterocycles. The van der Waals surface area contributed by atoms with Crippen LogP contribution in [0.25, 0.3) is 0 Å². The largest absolute Gasteiger partial charge is 0.481 e. The Kier molecular flexibility index (Phi) is 4.96. The Morgan fingerprint density at radius 1 is 1.26 bits per heavy atom. The SMILES string of the molecule is N#Cc1cccc(CC2(CNC3CC3)CCN(CC3(C(=O)O)CC3)CC2)c1. The average Bonchev–Trinajstić information content (AvgIpc) is 3.58. The molecule has 0 amide bonds. The molecule has 1 heterocycles. The number of aliphatic carboxylic acids is 1. The van der Waals surface area contributed by atoms with Gasteiger partial charge in [-0.15, -0.1) is 0 Å². The smallest absolute Gasteiger partial charge is 0.310 e. The Labute approximate surface area is 161 Å². The van der Waals surface area contributed by atoms with Crippen LogP contribution in [0.3, 0.4) is 0 Å². The van der Waals surface area contributed by atoms with E-state index in [0.717, 1.165) is 57.3 Å². The van der Waals surface area contributed by atoms with Gasteiger partial charge in [-0.2, -0.15) is 5.26 Å². The minimum absolute atomic E-state index is 0.201. The van der Waals surface area contributed by atoms with E-state index < -0.39 is 11.4 Å². The van der Waals surface area contributed by atoms with Crippen molar-refractivity contribution in [1.29, 1.82) is 5.26 Å². The zero-order valence-corrected chi connectivity index (χ0v) is 15.9. The van der Waals surface area contributed by atoms with E-state index in [1.165, 1.54) is 18.4 Å². The molecule has 4 rings (SSSR count). The highest BCUT2D eigenvalue weighted by atomic mass is 16.4. The lowest BCUT2D eigenvalue weighted by Gasteiger charge is -2.43. The zero-order valence-electron chi connectivity index (χ0n) is 15.9. The Balaban J connectivity index is 1.42. The van der Waals surface area contributed by atoms with E-state index >= 15 is 0 Å². The summed E-state index contributed by atoms with van der Waals surface area (Å²) in [4.78, 5) is 13.9. The maximum absolute atomic E-state index is 11.5. The topological polar surface area (TPSA) is 76.4 Å². The number of likely N-dealkylation sites (tertiary alicyclic amines) is 1. The van der Waals surface area contributed by atoms with Crippen LogP contribution in [0.15, 0.2) is 24.3 Å². The van der Waals surface area contributed by atoms with Crippen molar-refractivity contribution in [2.24, 2.45) is 10.8 Å². The van der Waals surface area contributed by atoms with Gasteiger partial charge in [0, 0.05) is 19.1 Å². The van der Waals surface area contributed by atoms with E-state index in [4.69, 9.17) is 0 Å². The maximum Gasteiger partial charge on any atom is 0.310 e. The van der Waals surface area contributed by atoms with Gasteiger partial charge in [0.2, 0.25) is 0 Å². The van der Waals surface area contributed by atoms with Gasteiger partial charge >= 0.3 is 5.97 Å². The number of piperidine rings is 1. The molecule has 1 aromatic rings. The summed E-state index contributed by atoms with van der Waals surface area (Å²) in [7, 11) is 0. The van der Waals surface area contributed by atoms with Gasteiger partial charge in [0.15, 0.2) is 0 Å². The second kappa shape index (κ2) is 7.26. The van der Waals surface area contributed by atoms with Gasteiger partial charge in [-0.1, -0.05) is 12.1 Å². The highest BCUT2D eigenvalue weighted by Crippen LogP contribution is 2.47. The average molecular weight is 367 g/mol. The molecule has 0 bridgehead atoms. The van der Waals surface area contributed by atoms with Gasteiger partial charge in [-0.25, -0.2) is 0 Å². The number of hydrogen-bond acceptors (Lipinski definition) is 4. The first kappa shape index (κ1) is 18.5. The van der Waals surface area contributed by atoms with Crippen molar-refractivity contribution in [3.63, 3.8) is 0 Å². The van der Waals surface area contributed by atoms with E-state index in [-0.39, 0.29) is 5.41 Å². The molecule has 3 fully saturated rings. The molecule has 144 valence electrons. The summed E-state index contributed by atoms with van der Waals surface area (Å²) in [5.74, 6) is -0.622. The van der Waals surface area contributed by atoms with Crippen LogP contribution in [-0.4, -0.2) is 48.2 Å². The van der Waals surface area contributed by atoms with Crippen LogP contribution < -0.4 is 5.32 Å². The Morgan fingerprint density at radius 2 is 2.00 bits per heavy atom. The molecule has 5 heteroatoms. The summed E-state index contributed by atoms with van der Waals surface area (Å²) in [6.07, 6.45) is 7.38. The van der Waals surface area contributed by atoms with Crippen molar-refractivity contribution in [2.45, 2.75) is 51.0 Å². The van der Waals surface area contributed by atoms with E-state index in [1.54, 1.807) is 0 Å². The molecule has 0 radical (unpaired) electrons. The number of nitrogens with zero attached hydrogens (tertiary/aromatic N) is 2. The van der Waals surface area contributed by atoms with Crippen molar-refractivity contribution >= 4 is 5.97 Å². The Bertz CT molecular complexity index is 738. The predicted octanol–water partition coefficient (Wildman–Crippen LogP) is 2.80. The number of carboxylic acid groups (broad SMARTS) is 1. The third kappa shape index (κ3) is 4.34. The normalized spacial score (nSPS) is 23.5. The monoisotopic (exact) mass is 367 g/mol. The molecule has 2 saturated carbocycles. The first-order chi connectivity index (χ1) is 13.0. The molecular formula is C22H29N3O2. The summed E-state index contributed by atoms with van der Waals surface area (Å²) in [5.41, 5.74) is 1.71. The van der Waals surface area contributed by atoms with Crippen LogP contribution in [-0.2, 0) is 11.2 Å². The van der Waals surface area contributed by atoms with Crippen molar-refractivity contribution in [1.82, 2.24) is 10.2 Å². The third-order valence-corrected chi connectivity index (χ3v) is 6.73. The van der Waals surface area contributed by atoms with E-state index in [1.807, 2.05) is 18.2 Å². The first-order valence-corrected chi connectivity index (χ1v) is 10.2. The highest BCUT2D eigenvalue weighted by molar-refractivity contribution is 5.78. The Morgan fingerprint density at radius 3 is 2.59 bits per heavy atom.